The Balaban J connectivity index is 1.16. The minimum atomic E-state index is 0.774. The Hall–Kier alpha value is -5.54. The van der Waals surface area contributed by atoms with Gasteiger partial charge in [-0.25, -0.2) is 0 Å². The summed E-state index contributed by atoms with van der Waals surface area (Å²) in [7, 11) is 5.91. The largest absolute Gasteiger partial charge is 0.311 e. The zero-order valence-electron chi connectivity index (χ0n) is 25.0. The average Bonchev–Trinajstić information content (AvgIpc) is 3.44. The summed E-state index contributed by atoms with van der Waals surface area (Å²) in [6.45, 7) is 0. The zero-order valence-corrected chi connectivity index (χ0v) is 25.0. The lowest BCUT2D eigenvalue weighted by Gasteiger charge is -2.26. The van der Waals surface area contributed by atoms with E-state index in [9.17, 15) is 0 Å². The van der Waals surface area contributed by atoms with Crippen LogP contribution in [0, 0.1) is 0 Å². The highest BCUT2D eigenvalue weighted by molar-refractivity contribution is 6.32. The van der Waals surface area contributed by atoms with Crippen LogP contribution in [0.15, 0.2) is 158 Å². The van der Waals surface area contributed by atoms with Gasteiger partial charge in [0.1, 0.15) is 7.85 Å². The van der Waals surface area contributed by atoms with Crippen LogP contribution in [-0.2, 0) is 6.42 Å². The number of nitrogens with zero attached hydrogens (tertiary/aromatic N) is 2. The van der Waals surface area contributed by atoms with Gasteiger partial charge >= 0.3 is 0 Å². The topological polar surface area (TPSA) is 8.17 Å². The highest BCUT2D eigenvalue weighted by Gasteiger charge is 2.19. The van der Waals surface area contributed by atoms with Crippen LogP contribution >= 0.6 is 0 Å². The number of hydrogen-bond acceptors (Lipinski definition) is 1. The first-order chi connectivity index (χ1) is 22.2. The second-order valence-corrected chi connectivity index (χ2v) is 11.6. The molecule has 6 aromatic carbocycles. The predicted molar refractivity (Wildman–Crippen MR) is 192 cm³/mol. The van der Waals surface area contributed by atoms with E-state index in [0.29, 0.717) is 0 Å². The molecule has 2 nitrogen and oxygen atoms in total. The molecule has 0 aliphatic heterocycles. The molecule has 45 heavy (non-hydrogen) atoms. The van der Waals surface area contributed by atoms with Crippen molar-refractivity contribution in [3.8, 4) is 27.9 Å². The van der Waals surface area contributed by atoms with E-state index in [1.807, 2.05) is 12.1 Å². The minimum Gasteiger partial charge on any atom is -0.311 e. The van der Waals surface area contributed by atoms with Crippen molar-refractivity contribution in [2.24, 2.45) is 0 Å². The molecule has 1 heterocycles. The highest BCUT2D eigenvalue weighted by atomic mass is 15.1. The molecule has 0 spiro atoms. The van der Waals surface area contributed by atoms with Crippen molar-refractivity contribution in [3.63, 3.8) is 0 Å². The summed E-state index contributed by atoms with van der Waals surface area (Å²) in [5.41, 5.74) is 14.1. The number of rotatable bonds is 6. The summed E-state index contributed by atoms with van der Waals surface area (Å²) < 4.78 is 2.41. The van der Waals surface area contributed by atoms with Crippen LogP contribution < -0.4 is 10.4 Å². The number of allylic oxidation sites excluding steroid dienone is 1. The Morgan fingerprint density at radius 1 is 0.533 bits per heavy atom. The van der Waals surface area contributed by atoms with E-state index in [-0.39, 0.29) is 0 Å². The molecular formula is C42H31BN2. The Morgan fingerprint density at radius 2 is 1.07 bits per heavy atom. The maximum atomic E-state index is 5.91. The van der Waals surface area contributed by atoms with Gasteiger partial charge in [0.05, 0.1) is 5.52 Å². The van der Waals surface area contributed by atoms with Gasteiger partial charge in [-0.05, 0) is 107 Å². The Kier molecular flexibility index (Phi) is 6.92. The summed E-state index contributed by atoms with van der Waals surface area (Å²) in [6, 6.07) is 53.9. The molecule has 1 aromatic heterocycles. The maximum Gasteiger partial charge on any atom is 0.113 e. The van der Waals surface area contributed by atoms with Crippen LogP contribution in [0.4, 0.5) is 17.1 Å². The van der Waals surface area contributed by atoms with Gasteiger partial charge in [-0.3, -0.25) is 0 Å². The van der Waals surface area contributed by atoms with Gasteiger partial charge in [-0.2, -0.15) is 0 Å². The molecule has 0 saturated carbocycles. The molecular weight excluding hydrogens is 543 g/mol. The molecule has 7 aromatic rings. The van der Waals surface area contributed by atoms with Crippen LogP contribution in [-0.4, -0.2) is 12.4 Å². The van der Waals surface area contributed by atoms with Crippen molar-refractivity contribution >= 4 is 47.4 Å². The zero-order chi connectivity index (χ0) is 30.2. The lowest BCUT2D eigenvalue weighted by molar-refractivity contribution is 0.967. The van der Waals surface area contributed by atoms with Crippen LogP contribution in [0.1, 0.15) is 17.7 Å². The molecule has 0 amide bonds. The van der Waals surface area contributed by atoms with Crippen molar-refractivity contribution in [2.75, 3.05) is 4.90 Å². The Labute approximate surface area is 265 Å². The first-order valence-corrected chi connectivity index (χ1v) is 15.5. The predicted octanol–water partition coefficient (Wildman–Crippen LogP) is 10.2. The molecule has 0 fully saturated rings. The van der Waals surface area contributed by atoms with Gasteiger partial charge in [0, 0.05) is 33.8 Å². The van der Waals surface area contributed by atoms with Crippen molar-refractivity contribution in [3.05, 3.63) is 169 Å². The molecule has 8 rings (SSSR count). The molecule has 212 valence electrons. The van der Waals surface area contributed by atoms with Crippen molar-refractivity contribution in [1.82, 2.24) is 4.57 Å². The fraction of sp³-hybridized carbons (Fsp3) is 0.0476. The number of anilines is 3. The van der Waals surface area contributed by atoms with Gasteiger partial charge < -0.3 is 9.47 Å². The first-order valence-electron chi connectivity index (χ1n) is 15.5. The quantitative estimate of drug-likeness (QED) is 0.180. The molecule has 2 radical (unpaired) electrons. The molecule has 0 atom stereocenters. The number of aryl methyl sites for hydroxylation is 1. The Morgan fingerprint density at radius 3 is 1.71 bits per heavy atom. The average molecular weight is 575 g/mol. The monoisotopic (exact) mass is 574 g/mol. The van der Waals surface area contributed by atoms with E-state index >= 15 is 0 Å². The number of benzene rings is 6. The fourth-order valence-corrected chi connectivity index (χ4v) is 6.58. The minimum absolute atomic E-state index is 0.774. The lowest BCUT2D eigenvalue weighted by atomic mass is 9.93. The molecule has 0 saturated heterocycles. The molecule has 1 aliphatic rings. The fourth-order valence-electron chi connectivity index (χ4n) is 6.58. The lowest BCUT2D eigenvalue weighted by Crippen LogP contribution is -2.09. The smallest absolute Gasteiger partial charge is 0.113 e. The van der Waals surface area contributed by atoms with E-state index in [1.54, 1.807) is 0 Å². The van der Waals surface area contributed by atoms with Crippen molar-refractivity contribution in [2.45, 2.75) is 12.8 Å². The van der Waals surface area contributed by atoms with E-state index in [1.165, 1.54) is 39.0 Å². The van der Waals surface area contributed by atoms with Gasteiger partial charge in [0.15, 0.2) is 0 Å². The van der Waals surface area contributed by atoms with E-state index < -0.39 is 0 Å². The van der Waals surface area contributed by atoms with Crippen LogP contribution in [0.25, 0.3) is 44.9 Å². The summed E-state index contributed by atoms with van der Waals surface area (Å²) in [5.74, 6) is 0. The third kappa shape index (κ3) is 5.07. The number of hydrogen-bond donors (Lipinski definition) is 0. The van der Waals surface area contributed by atoms with E-state index in [2.05, 4.69) is 161 Å². The van der Waals surface area contributed by atoms with E-state index in [4.69, 9.17) is 7.85 Å². The number of para-hydroxylation sites is 2. The summed E-state index contributed by atoms with van der Waals surface area (Å²) in [5, 5.41) is 1.34. The normalized spacial score (nSPS) is 12.3. The number of aromatic nitrogens is 1. The summed E-state index contributed by atoms with van der Waals surface area (Å²) in [4.78, 5) is 2.31. The van der Waals surface area contributed by atoms with Crippen LogP contribution in [0.2, 0.25) is 0 Å². The van der Waals surface area contributed by atoms with Gasteiger partial charge in [-0.15, -0.1) is 0 Å². The third-order valence-corrected chi connectivity index (χ3v) is 8.81. The van der Waals surface area contributed by atoms with Gasteiger partial charge in [0.25, 0.3) is 0 Å². The maximum absolute atomic E-state index is 5.91. The second kappa shape index (κ2) is 11.5. The molecule has 3 heteroatoms. The molecule has 0 unspecified atom stereocenters. The summed E-state index contributed by atoms with van der Waals surface area (Å²) in [6.07, 6.45) is 6.73. The van der Waals surface area contributed by atoms with E-state index in [0.717, 1.165) is 46.5 Å². The SMILES string of the molecule is [B]c1ccc(-c2ccc(N(c3ccccc3)c3ccc(-c4ccc5c(c4)c4c(n5-c5ccccc5)C=CCC4)cc3)cc2)cc1. The van der Waals surface area contributed by atoms with Crippen molar-refractivity contribution in [1.29, 1.82) is 0 Å². The molecule has 1 aliphatic carbocycles. The molecule has 0 N–H and O–H groups in total. The van der Waals surface area contributed by atoms with Crippen LogP contribution in [0.3, 0.4) is 0 Å². The highest BCUT2D eigenvalue weighted by Crippen LogP contribution is 2.39. The third-order valence-electron chi connectivity index (χ3n) is 8.81. The molecule has 0 bridgehead atoms. The van der Waals surface area contributed by atoms with Gasteiger partial charge in [-0.1, -0.05) is 103 Å². The standard InChI is InChI=1S/C42H31BN2/c43-34-22-15-30(16-23-34)31-17-24-37(25-18-31)44(35-9-3-1-4-10-35)38-26-19-32(20-27-38)33-21-28-42-40(29-33)39-13-7-8-14-41(39)45(42)36-11-5-2-6-12-36/h1-6,8-12,14-29H,7,13H2. The first kappa shape index (κ1) is 27.0. The van der Waals surface area contributed by atoms with Gasteiger partial charge in [0.2, 0.25) is 0 Å². The van der Waals surface area contributed by atoms with Crippen molar-refractivity contribution < 1.29 is 0 Å². The second-order valence-electron chi connectivity index (χ2n) is 11.6. The Bertz CT molecular complexity index is 2130. The summed E-state index contributed by atoms with van der Waals surface area (Å²) >= 11 is 0. The van der Waals surface area contributed by atoms with Crippen LogP contribution in [0.5, 0.6) is 0 Å². The number of fused-ring (bicyclic) bond motifs is 3.